The topological polar surface area (TPSA) is 6.48 Å². The van der Waals surface area contributed by atoms with Crippen LogP contribution >= 0.6 is 0 Å². The number of hydrogen-bond donors (Lipinski definition) is 0. The summed E-state index contributed by atoms with van der Waals surface area (Å²) in [6, 6.07) is 0. The van der Waals surface area contributed by atoms with E-state index < -0.39 is 0 Å². The lowest BCUT2D eigenvalue weighted by Gasteiger charge is -2.42. The lowest BCUT2D eigenvalue weighted by Crippen LogP contribution is -2.56. The normalized spacial score (nSPS) is 15.1. The van der Waals surface area contributed by atoms with Crippen molar-refractivity contribution in [1.29, 1.82) is 0 Å². The van der Waals surface area contributed by atoms with Crippen LogP contribution in [0.5, 0.6) is 0 Å². The third-order valence-electron chi connectivity index (χ3n) is 12.9. The summed E-state index contributed by atoms with van der Waals surface area (Å²) in [6.07, 6.45) is 34.8. The Balaban J connectivity index is 2.19. The Morgan fingerprint density at radius 2 is 0.521 bits per heavy atom. The second-order valence-corrected chi connectivity index (χ2v) is 16.3. The predicted octanol–water partition coefficient (Wildman–Crippen LogP) is 11.7. The van der Waals surface area contributed by atoms with Crippen LogP contribution in [0.3, 0.4) is 0 Å². The van der Waals surface area contributed by atoms with Crippen molar-refractivity contribution >= 4 is 0 Å². The van der Waals surface area contributed by atoms with Crippen molar-refractivity contribution in [3.8, 4) is 0 Å². The predicted molar refractivity (Wildman–Crippen MR) is 217 cm³/mol. The summed E-state index contributed by atoms with van der Waals surface area (Å²) in [6.45, 7) is 32.9. The molecular weight excluding hydrogens is 585 g/mol. The maximum atomic E-state index is 2.80. The third-order valence-corrected chi connectivity index (χ3v) is 12.9. The molecule has 0 amide bonds. The standard InChI is InChI=1S/C44H94N4/c1-7-13-15-17-19-21-23-25-27-29-31-33-41-47(9-3,10-4)43-39-45-35-37-46(38-36-45)40-44-48(11-5,12-6)42-34-32-30-28-26-24-22-20-18-16-14-8-2/h7-44H2,1-6H3/q+2. The summed E-state index contributed by atoms with van der Waals surface area (Å²) in [5.74, 6) is 0. The fourth-order valence-electron chi connectivity index (χ4n) is 8.46. The minimum absolute atomic E-state index is 1.28. The summed E-state index contributed by atoms with van der Waals surface area (Å²) < 4.78 is 2.67. The van der Waals surface area contributed by atoms with Crippen molar-refractivity contribution in [2.24, 2.45) is 0 Å². The second kappa shape index (κ2) is 31.6. The summed E-state index contributed by atoms with van der Waals surface area (Å²) in [5.41, 5.74) is 0. The van der Waals surface area contributed by atoms with Gasteiger partial charge in [-0.2, -0.15) is 0 Å². The minimum Gasteiger partial charge on any atom is -0.323 e. The Morgan fingerprint density at radius 1 is 0.292 bits per heavy atom. The lowest BCUT2D eigenvalue weighted by atomic mass is 10.0. The van der Waals surface area contributed by atoms with Crippen molar-refractivity contribution in [1.82, 2.24) is 9.80 Å². The van der Waals surface area contributed by atoms with Crippen molar-refractivity contribution in [2.45, 2.75) is 196 Å². The van der Waals surface area contributed by atoms with E-state index in [1.54, 1.807) is 0 Å². The maximum Gasteiger partial charge on any atom is 0.0915 e. The van der Waals surface area contributed by atoms with Crippen molar-refractivity contribution < 1.29 is 8.97 Å². The van der Waals surface area contributed by atoms with Crippen LogP contribution in [0.15, 0.2) is 0 Å². The smallest absolute Gasteiger partial charge is 0.0915 e. The van der Waals surface area contributed by atoms with Gasteiger partial charge in [-0.3, -0.25) is 9.80 Å². The SMILES string of the molecule is CCCCCCCCCCCCCC[N+](CC)(CC)CCN1CCN(CC[N+](CC)(CC)CCCCCCCCCCCCCC)CC1. The summed E-state index contributed by atoms with van der Waals surface area (Å²) in [4.78, 5) is 5.59. The second-order valence-electron chi connectivity index (χ2n) is 16.3. The van der Waals surface area contributed by atoms with Crippen LogP contribution in [-0.4, -0.2) is 110 Å². The number of hydrogen-bond acceptors (Lipinski definition) is 2. The maximum absolute atomic E-state index is 2.80. The van der Waals surface area contributed by atoms with E-state index in [0.29, 0.717) is 0 Å². The van der Waals surface area contributed by atoms with Gasteiger partial charge in [0.1, 0.15) is 0 Å². The molecule has 1 aliphatic rings. The molecule has 0 N–H and O–H groups in total. The molecule has 1 rings (SSSR count). The van der Waals surface area contributed by atoms with Gasteiger partial charge in [0, 0.05) is 39.3 Å². The molecule has 1 saturated heterocycles. The molecule has 0 aromatic heterocycles. The van der Waals surface area contributed by atoms with Crippen molar-refractivity contribution in [3.05, 3.63) is 0 Å². The van der Waals surface area contributed by atoms with Crippen LogP contribution in [0.25, 0.3) is 0 Å². The van der Waals surface area contributed by atoms with E-state index in [1.165, 1.54) is 255 Å². The molecule has 288 valence electrons. The number of piperazine rings is 1. The first-order valence-corrected chi connectivity index (χ1v) is 22.7. The molecule has 0 bridgehead atoms. The van der Waals surface area contributed by atoms with Gasteiger partial charge in [0.2, 0.25) is 0 Å². The molecule has 0 atom stereocenters. The quantitative estimate of drug-likeness (QED) is 0.0481. The first-order valence-electron chi connectivity index (χ1n) is 22.7. The zero-order valence-corrected chi connectivity index (χ0v) is 34.7. The number of rotatable bonds is 36. The largest absolute Gasteiger partial charge is 0.323 e. The molecule has 0 aromatic rings. The molecule has 0 spiro atoms. The number of unbranched alkanes of at least 4 members (excludes halogenated alkanes) is 22. The highest BCUT2D eigenvalue weighted by Gasteiger charge is 2.27. The average molecular weight is 679 g/mol. The zero-order valence-electron chi connectivity index (χ0n) is 34.7. The van der Waals surface area contributed by atoms with Crippen LogP contribution in [0.1, 0.15) is 196 Å². The van der Waals surface area contributed by atoms with E-state index in [1.807, 2.05) is 0 Å². The van der Waals surface area contributed by atoms with Gasteiger partial charge in [0.15, 0.2) is 0 Å². The Bertz CT molecular complexity index is 594. The van der Waals surface area contributed by atoms with Gasteiger partial charge in [-0.1, -0.05) is 142 Å². The van der Waals surface area contributed by atoms with Crippen LogP contribution in [0.4, 0.5) is 0 Å². The molecule has 4 nitrogen and oxygen atoms in total. The third kappa shape index (κ3) is 22.6. The first-order chi connectivity index (χ1) is 23.5. The zero-order chi connectivity index (χ0) is 35.0. The fourth-order valence-corrected chi connectivity index (χ4v) is 8.46. The molecule has 0 aromatic carbocycles. The molecule has 0 radical (unpaired) electrons. The van der Waals surface area contributed by atoms with Gasteiger partial charge >= 0.3 is 0 Å². The van der Waals surface area contributed by atoms with Gasteiger partial charge in [-0.25, -0.2) is 0 Å². The Morgan fingerprint density at radius 3 is 0.750 bits per heavy atom. The van der Waals surface area contributed by atoms with Crippen LogP contribution in [0.2, 0.25) is 0 Å². The van der Waals surface area contributed by atoms with E-state index >= 15 is 0 Å². The molecular formula is C44H94N4+2. The lowest BCUT2D eigenvalue weighted by molar-refractivity contribution is -0.924. The van der Waals surface area contributed by atoms with Gasteiger partial charge in [0.05, 0.1) is 52.4 Å². The molecule has 1 heterocycles. The first kappa shape index (κ1) is 45.9. The fraction of sp³-hybridized carbons (Fsp3) is 1.00. The Labute approximate surface area is 305 Å². The van der Waals surface area contributed by atoms with E-state index in [9.17, 15) is 0 Å². The van der Waals surface area contributed by atoms with Crippen molar-refractivity contribution in [2.75, 3.05) is 91.6 Å². The Hall–Kier alpha value is -0.160. The Kier molecular flexibility index (Phi) is 30.2. The summed E-state index contributed by atoms with van der Waals surface area (Å²) in [5, 5.41) is 0. The average Bonchev–Trinajstić information content (AvgIpc) is 3.12. The van der Waals surface area contributed by atoms with Gasteiger partial charge in [0.25, 0.3) is 0 Å². The summed E-state index contributed by atoms with van der Waals surface area (Å²) >= 11 is 0. The monoisotopic (exact) mass is 679 g/mol. The number of nitrogens with zero attached hydrogens (tertiary/aromatic N) is 4. The molecule has 1 aliphatic heterocycles. The van der Waals surface area contributed by atoms with Gasteiger partial charge in [-0.05, 0) is 53.4 Å². The van der Waals surface area contributed by atoms with Crippen LogP contribution in [-0.2, 0) is 0 Å². The van der Waals surface area contributed by atoms with E-state index in [0.717, 1.165) is 0 Å². The van der Waals surface area contributed by atoms with Crippen molar-refractivity contribution in [3.63, 3.8) is 0 Å². The van der Waals surface area contributed by atoms with Gasteiger partial charge < -0.3 is 8.97 Å². The molecule has 1 fully saturated rings. The minimum atomic E-state index is 1.28. The number of quaternary nitrogens is 2. The van der Waals surface area contributed by atoms with E-state index in [-0.39, 0.29) is 0 Å². The number of likely N-dealkylation sites (N-methyl/N-ethyl adjacent to an activating group) is 2. The van der Waals surface area contributed by atoms with Crippen LogP contribution in [0, 0.1) is 0 Å². The van der Waals surface area contributed by atoms with E-state index in [4.69, 9.17) is 0 Å². The van der Waals surface area contributed by atoms with Gasteiger partial charge in [-0.15, -0.1) is 0 Å². The highest BCUT2D eigenvalue weighted by atomic mass is 15.4. The summed E-state index contributed by atoms with van der Waals surface area (Å²) in [7, 11) is 0. The molecule has 4 heteroatoms. The van der Waals surface area contributed by atoms with Crippen LogP contribution < -0.4 is 0 Å². The highest BCUT2D eigenvalue weighted by molar-refractivity contribution is 4.72. The molecule has 0 saturated carbocycles. The highest BCUT2D eigenvalue weighted by Crippen LogP contribution is 2.17. The molecule has 0 unspecified atom stereocenters. The molecule has 0 aliphatic carbocycles. The van der Waals surface area contributed by atoms with E-state index in [2.05, 4.69) is 51.3 Å². The molecule has 48 heavy (non-hydrogen) atoms.